The Bertz CT molecular complexity index is 900. The molecule has 0 saturated carbocycles. The van der Waals surface area contributed by atoms with E-state index in [2.05, 4.69) is 10.3 Å². The van der Waals surface area contributed by atoms with Crippen LogP contribution in [0.3, 0.4) is 0 Å². The van der Waals surface area contributed by atoms with E-state index in [1.54, 1.807) is 31.4 Å². The zero-order valence-electron chi connectivity index (χ0n) is 14.4. The van der Waals surface area contributed by atoms with Crippen LogP contribution in [0, 0.1) is 5.92 Å². The quantitative estimate of drug-likeness (QED) is 0.690. The summed E-state index contributed by atoms with van der Waals surface area (Å²) >= 11 is 1.55. The lowest BCUT2D eigenvalue weighted by molar-refractivity contribution is -0.141. The minimum absolute atomic E-state index is 0.135. The first-order valence-electron chi connectivity index (χ1n) is 8.10. The first kappa shape index (κ1) is 17.9. The molecule has 0 spiro atoms. The molecule has 1 aromatic carbocycles. The smallest absolute Gasteiger partial charge is 0.317 e. The summed E-state index contributed by atoms with van der Waals surface area (Å²) in [7, 11) is 1.56. The molecule has 7 nitrogen and oxygen atoms in total. The number of hydrogen-bond donors (Lipinski definition) is 2. The van der Waals surface area contributed by atoms with Gasteiger partial charge in [-0.3, -0.25) is 4.79 Å². The highest BCUT2D eigenvalue weighted by Crippen LogP contribution is 2.31. The van der Waals surface area contributed by atoms with Crippen molar-refractivity contribution in [3.05, 3.63) is 42.2 Å². The number of carbonyl (C=O) groups is 2. The molecule has 136 valence electrons. The van der Waals surface area contributed by atoms with Gasteiger partial charge < -0.3 is 19.7 Å². The average molecular weight is 373 g/mol. The van der Waals surface area contributed by atoms with Gasteiger partial charge in [0.15, 0.2) is 10.8 Å². The van der Waals surface area contributed by atoms with Crippen LogP contribution < -0.4 is 5.32 Å². The van der Waals surface area contributed by atoms with Gasteiger partial charge in [0, 0.05) is 13.6 Å². The lowest BCUT2D eigenvalue weighted by atomic mass is 10.2. The SMILES string of the molecule is CC(CN(C)C(=O)NCc1ccc(-c2nc3ccccc3s2)o1)C(=O)O. The molecule has 0 aliphatic rings. The number of carboxylic acid groups (broad SMARTS) is 1. The highest BCUT2D eigenvalue weighted by molar-refractivity contribution is 7.21. The molecule has 3 rings (SSSR count). The molecule has 0 aliphatic heterocycles. The number of aliphatic carboxylic acids is 1. The molecule has 0 aliphatic carbocycles. The number of urea groups is 1. The van der Waals surface area contributed by atoms with Crippen LogP contribution in [0.4, 0.5) is 4.79 Å². The van der Waals surface area contributed by atoms with E-state index >= 15 is 0 Å². The third kappa shape index (κ3) is 4.02. The highest BCUT2D eigenvalue weighted by Gasteiger charge is 2.17. The summed E-state index contributed by atoms with van der Waals surface area (Å²) in [5, 5.41) is 12.4. The van der Waals surface area contributed by atoms with Gasteiger partial charge in [0.1, 0.15) is 5.76 Å². The monoisotopic (exact) mass is 373 g/mol. The molecule has 8 heteroatoms. The minimum atomic E-state index is -0.934. The Morgan fingerprint density at radius 2 is 2.08 bits per heavy atom. The van der Waals surface area contributed by atoms with Crippen LogP contribution in [-0.2, 0) is 11.3 Å². The summed E-state index contributed by atoms with van der Waals surface area (Å²) in [5.41, 5.74) is 0.924. The molecule has 1 atom stereocenters. The predicted octanol–water partition coefficient (Wildman–Crippen LogP) is 3.42. The van der Waals surface area contributed by atoms with Gasteiger partial charge in [0.2, 0.25) is 0 Å². The highest BCUT2D eigenvalue weighted by atomic mass is 32.1. The third-order valence-corrected chi connectivity index (χ3v) is 4.95. The van der Waals surface area contributed by atoms with Gasteiger partial charge >= 0.3 is 12.0 Å². The lowest BCUT2D eigenvalue weighted by Gasteiger charge is -2.19. The van der Waals surface area contributed by atoms with E-state index in [-0.39, 0.29) is 19.1 Å². The van der Waals surface area contributed by atoms with E-state index in [9.17, 15) is 9.59 Å². The summed E-state index contributed by atoms with van der Waals surface area (Å²) in [5.74, 6) is -0.299. The van der Waals surface area contributed by atoms with Crippen LogP contribution in [0.25, 0.3) is 21.0 Å². The molecule has 0 radical (unpaired) electrons. The van der Waals surface area contributed by atoms with Crippen molar-refractivity contribution in [2.75, 3.05) is 13.6 Å². The number of hydrogen-bond acceptors (Lipinski definition) is 5. The van der Waals surface area contributed by atoms with Crippen LogP contribution in [0.2, 0.25) is 0 Å². The first-order valence-corrected chi connectivity index (χ1v) is 8.92. The number of furan rings is 1. The number of aromatic nitrogens is 1. The normalized spacial score (nSPS) is 12.1. The van der Waals surface area contributed by atoms with Gasteiger partial charge in [-0.2, -0.15) is 0 Å². The topological polar surface area (TPSA) is 95.7 Å². The molecular weight excluding hydrogens is 354 g/mol. The van der Waals surface area contributed by atoms with E-state index in [0.717, 1.165) is 15.2 Å². The number of fused-ring (bicyclic) bond motifs is 1. The predicted molar refractivity (Wildman–Crippen MR) is 99.0 cm³/mol. The Labute approximate surface area is 154 Å². The van der Waals surface area contributed by atoms with Crippen molar-refractivity contribution in [3.8, 4) is 10.8 Å². The molecular formula is C18H19N3O4S. The fourth-order valence-corrected chi connectivity index (χ4v) is 3.36. The summed E-state index contributed by atoms with van der Waals surface area (Å²) < 4.78 is 6.86. The second-order valence-corrected chi connectivity index (χ2v) is 7.06. The van der Waals surface area contributed by atoms with Gasteiger partial charge in [-0.25, -0.2) is 9.78 Å². The van der Waals surface area contributed by atoms with Crippen LogP contribution >= 0.6 is 11.3 Å². The third-order valence-electron chi connectivity index (χ3n) is 3.90. The van der Waals surface area contributed by atoms with Crippen LogP contribution in [0.1, 0.15) is 12.7 Å². The summed E-state index contributed by atoms with van der Waals surface area (Å²) in [6, 6.07) is 11.1. The largest absolute Gasteiger partial charge is 0.481 e. The molecule has 26 heavy (non-hydrogen) atoms. The van der Waals surface area contributed by atoms with Crippen molar-refractivity contribution < 1.29 is 19.1 Å². The van der Waals surface area contributed by atoms with Crippen molar-refractivity contribution in [2.45, 2.75) is 13.5 Å². The first-order chi connectivity index (χ1) is 12.4. The maximum atomic E-state index is 12.0. The van der Waals surface area contributed by atoms with Crippen molar-refractivity contribution in [3.63, 3.8) is 0 Å². The Balaban J connectivity index is 1.60. The molecule has 2 amide bonds. The molecule has 0 bridgehead atoms. The van der Waals surface area contributed by atoms with Crippen molar-refractivity contribution >= 4 is 33.6 Å². The average Bonchev–Trinajstić information content (AvgIpc) is 3.25. The zero-order chi connectivity index (χ0) is 18.7. The maximum Gasteiger partial charge on any atom is 0.317 e. The number of carbonyl (C=O) groups excluding carboxylic acids is 1. The number of amides is 2. The second-order valence-electron chi connectivity index (χ2n) is 6.03. The molecule has 1 unspecified atom stereocenters. The fraction of sp³-hybridized carbons (Fsp3) is 0.278. The summed E-state index contributed by atoms with van der Waals surface area (Å²) in [6.07, 6.45) is 0. The van der Waals surface area contributed by atoms with E-state index in [1.165, 1.54) is 4.90 Å². The van der Waals surface area contributed by atoms with Crippen molar-refractivity contribution in [2.24, 2.45) is 5.92 Å². The van der Waals surface area contributed by atoms with E-state index in [1.807, 2.05) is 30.3 Å². The minimum Gasteiger partial charge on any atom is -0.481 e. The lowest BCUT2D eigenvalue weighted by Crippen LogP contribution is -2.40. The number of nitrogens with one attached hydrogen (secondary N) is 1. The Hall–Kier alpha value is -2.87. The van der Waals surface area contributed by atoms with Gasteiger partial charge in [-0.1, -0.05) is 19.1 Å². The molecule has 3 aromatic rings. The number of benzene rings is 1. The van der Waals surface area contributed by atoms with E-state index in [0.29, 0.717) is 11.5 Å². The number of para-hydroxylation sites is 1. The molecule has 2 heterocycles. The molecule has 0 fully saturated rings. The number of carboxylic acids is 1. The van der Waals surface area contributed by atoms with Gasteiger partial charge in [-0.15, -0.1) is 11.3 Å². The second kappa shape index (κ2) is 7.57. The summed E-state index contributed by atoms with van der Waals surface area (Å²) in [6.45, 7) is 1.91. The Kier molecular flexibility index (Phi) is 5.22. The van der Waals surface area contributed by atoms with Gasteiger partial charge in [-0.05, 0) is 24.3 Å². The number of nitrogens with zero attached hydrogens (tertiary/aromatic N) is 2. The van der Waals surface area contributed by atoms with Gasteiger partial charge in [0.25, 0.3) is 0 Å². The fourth-order valence-electron chi connectivity index (χ4n) is 2.43. The van der Waals surface area contributed by atoms with Crippen molar-refractivity contribution in [1.29, 1.82) is 0 Å². The van der Waals surface area contributed by atoms with Gasteiger partial charge in [0.05, 0.1) is 22.7 Å². The molecule has 2 N–H and O–H groups in total. The van der Waals surface area contributed by atoms with E-state index < -0.39 is 11.9 Å². The maximum absolute atomic E-state index is 12.0. The number of rotatable bonds is 6. The van der Waals surface area contributed by atoms with Crippen LogP contribution in [0.15, 0.2) is 40.8 Å². The van der Waals surface area contributed by atoms with E-state index in [4.69, 9.17) is 9.52 Å². The Morgan fingerprint density at radius 1 is 1.31 bits per heavy atom. The molecule has 2 aromatic heterocycles. The zero-order valence-corrected chi connectivity index (χ0v) is 15.2. The van der Waals surface area contributed by atoms with Crippen LogP contribution in [0.5, 0.6) is 0 Å². The van der Waals surface area contributed by atoms with Crippen molar-refractivity contribution in [1.82, 2.24) is 15.2 Å². The standard InChI is InChI=1S/C18H19N3O4S/c1-11(17(22)23)10-21(2)18(24)19-9-12-7-8-14(25-12)16-20-13-5-3-4-6-15(13)26-16/h3-8,11H,9-10H2,1-2H3,(H,19,24)(H,22,23). The molecule has 0 saturated heterocycles. The summed E-state index contributed by atoms with van der Waals surface area (Å²) in [4.78, 5) is 28.8. The van der Waals surface area contributed by atoms with Crippen LogP contribution in [-0.4, -0.2) is 40.6 Å². The number of thiazole rings is 1. The Morgan fingerprint density at radius 3 is 2.81 bits per heavy atom.